The van der Waals surface area contributed by atoms with Crippen LogP contribution in [0.4, 0.5) is 0 Å². The van der Waals surface area contributed by atoms with Gasteiger partial charge in [0.05, 0.1) is 20.3 Å². The SMILES string of the molecule is COCCn1nnnc1[C@H](c1cc2cc(OC)ccc2[nH]c1=O)N1CCCCCC1. The van der Waals surface area contributed by atoms with Gasteiger partial charge in [0.1, 0.15) is 11.8 Å². The lowest BCUT2D eigenvalue weighted by Crippen LogP contribution is -2.36. The predicted octanol–water partition coefficient (Wildman–Crippen LogP) is 2.13. The largest absolute Gasteiger partial charge is 0.497 e. The molecule has 0 radical (unpaired) electrons. The fraction of sp³-hybridized carbons (Fsp3) is 0.524. The number of tetrazole rings is 1. The quantitative estimate of drug-likeness (QED) is 0.635. The second kappa shape index (κ2) is 9.36. The number of likely N-dealkylation sites (tertiary alicyclic amines) is 1. The number of nitrogens with one attached hydrogen (secondary N) is 1. The summed E-state index contributed by atoms with van der Waals surface area (Å²) in [5.41, 5.74) is 1.30. The van der Waals surface area contributed by atoms with E-state index in [4.69, 9.17) is 9.47 Å². The van der Waals surface area contributed by atoms with Crippen molar-refractivity contribution >= 4 is 10.9 Å². The molecule has 1 aliphatic rings. The highest BCUT2D eigenvalue weighted by Gasteiger charge is 2.30. The van der Waals surface area contributed by atoms with E-state index in [9.17, 15) is 4.79 Å². The molecule has 0 amide bonds. The Kier molecular flexibility index (Phi) is 6.39. The van der Waals surface area contributed by atoms with Gasteiger partial charge in [-0.1, -0.05) is 12.8 Å². The monoisotopic (exact) mass is 412 g/mol. The topological polar surface area (TPSA) is 98.2 Å². The van der Waals surface area contributed by atoms with Crippen LogP contribution in [-0.4, -0.2) is 64.0 Å². The van der Waals surface area contributed by atoms with Crippen LogP contribution in [0.2, 0.25) is 0 Å². The molecule has 0 saturated carbocycles. The lowest BCUT2D eigenvalue weighted by Gasteiger charge is -2.29. The average Bonchev–Trinajstić information content (AvgIpc) is 3.05. The minimum absolute atomic E-state index is 0.122. The number of hydrogen-bond donors (Lipinski definition) is 1. The standard InChI is InChI=1S/C21H28N6O3/c1-29-12-11-27-20(23-24-25-27)19(26-9-5-3-4-6-10-26)17-14-15-13-16(30-2)7-8-18(15)22-21(17)28/h7-8,13-14,19H,3-6,9-12H2,1-2H3,(H,22,28)/t19-/m0/s1. The summed E-state index contributed by atoms with van der Waals surface area (Å²) in [5.74, 6) is 1.42. The van der Waals surface area contributed by atoms with Gasteiger partial charge in [0.2, 0.25) is 0 Å². The molecular formula is C21H28N6O3. The van der Waals surface area contributed by atoms with Gasteiger partial charge < -0.3 is 14.5 Å². The Balaban J connectivity index is 1.84. The molecule has 2 aromatic heterocycles. The van der Waals surface area contributed by atoms with Crippen molar-refractivity contribution in [2.45, 2.75) is 38.3 Å². The van der Waals surface area contributed by atoms with Gasteiger partial charge in [0.25, 0.3) is 5.56 Å². The van der Waals surface area contributed by atoms with Crippen molar-refractivity contribution < 1.29 is 9.47 Å². The van der Waals surface area contributed by atoms with Crippen molar-refractivity contribution in [3.8, 4) is 5.75 Å². The highest BCUT2D eigenvalue weighted by molar-refractivity contribution is 5.80. The van der Waals surface area contributed by atoms with E-state index < -0.39 is 0 Å². The van der Waals surface area contributed by atoms with Crippen LogP contribution in [-0.2, 0) is 11.3 Å². The molecular weight excluding hydrogens is 384 g/mol. The van der Waals surface area contributed by atoms with Crippen molar-refractivity contribution in [2.24, 2.45) is 0 Å². The van der Waals surface area contributed by atoms with Crippen molar-refractivity contribution in [2.75, 3.05) is 33.9 Å². The lowest BCUT2D eigenvalue weighted by molar-refractivity contribution is 0.175. The van der Waals surface area contributed by atoms with Gasteiger partial charge >= 0.3 is 0 Å². The number of rotatable bonds is 7. The van der Waals surface area contributed by atoms with Gasteiger partial charge in [-0.25, -0.2) is 4.68 Å². The van der Waals surface area contributed by atoms with Gasteiger partial charge in [-0.05, 0) is 60.6 Å². The van der Waals surface area contributed by atoms with E-state index in [0.29, 0.717) is 24.5 Å². The van der Waals surface area contributed by atoms with Crippen molar-refractivity contribution in [1.82, 2.24) is 30.1 Å². The number of nitrogens with zero attached hydrogens (tertiary/aromatic N) is 5. The smallest absolute Gasteiger partial charge is 0.253 e. The van der Waals surface area contributed by atoms with E-state index in [2.05, 4.69) is 25.4 Å². The van der Waals surface area contributed by atoms with Gasteiger partial charge in [-0.3, -0.25) is 9.69 Å². The molecule has 0 spiro atoms. The first-order chi connectivity index (χ1) is 14.7. The Morgan fingerprint density at radius 1 is 1.13 bits per heavy atom. The summed E-state index contributed by atoms with van der Waals surface area (Å²) in [5, 5.41) is 13.3. The first-order valence-corrected chi connectivity index (χ1v) is 10.4. The van der Waals surface area contributed by atoms with Crippen molar-refractivity contribution in [1.29, 1.82) is 0 Å². The fourth-order valence-electron chi connectivity index (χ4n) is 4.13. The zero-order valence-electron chi connectivity index (χ0n) is 17.5. The minimum Gasteiger partial charge on any atom is -0.497 e. The zero-order chi connectivity index (χ0) is 20.9. The highest BCUT2D eigenvalue weighted by atomic mass is 16.5. The highest BCUT2D eigenvalue weighted by Crippen LogP contribution is 2.29. The second-order valence-corrected chi connectivity index (χ2v) is 7.61. The summed E-state index contributed by atoms with van der Waals surface area (Å²) in [7, 11) is 3.29. The van der Waals surface area contributed by atoms with E-state index in [-0.39, 0.29) is 11.6 Å². The fourth-order valence-corrected chi connectivity index (χ4v) is 4.13. The summed E-state index contributed by atoms with van der Waals surface area (Å²) in [4.78, 5) is 18.5. The zero-order valence-corrected chi connectivity index (χ0v) is 17.5. The number of methoxy groups -OCH3 is 2. The van der Waals surface area contributed by atoms with Crippen LogP contribution in [0.15, 0.2) is 29.1 Å². The molecule has 9 nitrogen and oxygen atoms in total. The summed E-state index contributed by atoms with van der Waals surface area (Å²) in [6.45, 7) is 2.83. The Labute approximate surface area is 175 Å². The molecule has 1 saturated heterocycles. The molecule has 9 heteroatoms. The van der Waals surface area contributed by atoms with Crippen molar-refractivity contribution in [3.63, 3.8) is 0 Å². The second-order valence-electron chi connectivity index (χ2n) is 7.61. The number of fused-ring (bicyclic) bond motifs is 1. The molecule has 0 unspecified atom stereocenters. The van der Waals surface area contributed by atoms with Crippen LogP contribution in [0.1, 0.15) is 43.1 Å². The molecule has 1 aromatic carbocycles. The predicted molar refractivity (Wildman–Crippen MR) is 113 cm³/mol. The number of pyridine rings is 1. The number of aromatic nitrogens is 5. The maximum Gasteiger partial charge on any atom is 0.253 e. The first-order valence-electron chi connectivity index (χ1n) is 10.4. The third-order valence-corrected chi connectivity index (χ3v) is 5.69. The van der Waals surface area contributed by atoms with Gasteiger partial charge in [0, 0.05) is 23.6 Å². The number of H-pyrrole nitrogens is 1. The Morgan fingerprint density at radius 2 is 1.93 bits per heavy atom. The third kappa shape index (κ3) is 4.22. The van der Waals surface area contributed by atoms with Crippen LogP contribution in [0.5, 0.6) is 5.75 Å². The molecule has 1 atom stereocenters. The molecule has 1 N–H and O–H groups in total. The molecule has 0 bridgehead atoms. The first kappa shape index (κ1) is 20.5. The van der Waals surface area contributed by atoms with E-state index >= 15 is 0 Å². The van der Waals surface area contributed by atoms with E-state index in [1.54, 1.807) is 18.9 Å². The normalized spacial score (nSPS) is 16.5. The maximum absolute atomic E-state index is 13.2. The Bertz CT molecular complexity index is 1040. The molecule has 3 heterocycles. The minimum atomic E-state index is -0.325. The van der Waals surface area contributed by atoms with E-state index in [1.165, 1.54) is 12.8 Å². The summed E-state index contributed by atoms with van der Waals surface area (Å²) in [6.07, 6.45) is 4.58. The molecule has 1 fully saturated rings. The van der Waals surface area contributed by atoms with E-state index in [1.807, 2.05) is 24.3 Å². The van der Waals surface area contributed by atoms with Crippen LogP contribution in [0.25, 0.3) is 10.9 Å². The van der Waals surface area contributed by atoms with Gasteiger partial charge in [-0.2, -0.15) is 0 Å². The molecule has 30 heavy (non-hydrogen) atoms. The molecule has 4 rings (SSSR count). The van der Waals surface area contributed by atoms with Crippen LogP contribution in [0.3, 0.4) is 0 Å². The van der Waals surface area contributed by atoms with E-state index in [0.717, 1.165) is 42.6 Å². The summed E-state index contributed by atoms with van der Waals surface area (Å²) < 4.78 is 12.3. The molecule has 160 valence electrons. The van der Waals surface area contributed by atoms with Crippen LogP contribution < -0.4 is 10.3 Å². The summed E-state index contributed by atoms with van der Waals surface area (Å²) in [6, 6.07) is 7.26. The number of aromatic amines is 1. The lowest BCUT2D eigenvalue weighted by atomic mass is 10.0. The molecule has 3 aromatic rings. The number of hydrogen-bond acceptors (Lipinski definition) is 7. The average molecular weight is 412 g/mol. The Hall–Kier alpha value is -2.78. The van der Waals surface area contributed by atoms with Gasteiger partial charge in [0.15, 0.2) is 5.82 Å². The third-order valence-electron chi connectivity index (χ3n) is 5.69. The van der Waals surface area contributed by atoms with Crippen LogP contribution in [0, 0.1) is 0 Å². The molecule has 0 aliphatic carbocycles. The van der Waals surface area contributed by atoms with Crippen LogP contribution >= 0.6 is 0 Å². The number of ether oxygens (including phenoxy) is 2. The molecule has 1 aliphatic heterocycles. The van der Waals surface area contributed by atoms with Crippen molar-refractivity contribution in [3.05, 3.63) is 46.0 Å². The Morgan fingerprint density at radius 3 is 2.67 bits per heavy atom. The summed E-state index contributed by atoms with van der Waals surface area (Å²) >= 11 is 0. The maximum atomic E-state index is 13.2. The number of benzene rings is 1. The van der Waals surface area contributed by atoms with Gasteiger partial charge in [-0.15, -0.1) is 5.10 Å².